The van der Waals surface area contributed by atoms with Crippen molar-refractivity contribution in [3.05, 3.63) is 23.3 Å². The molecule has 0 unspecified atom stereocenters. The van der Waals surface area contributed by atoms with E-state index in [4.69, 9.17) is 9.47 Å². The molecule has 0 atom stereocenters. The summed E-state index contributed by atoms with van der Waals surface area (Å²) in [5, 5.41) is 0. The monoisotopic (exact) mass is 386 g/mol. The van der Waals surface area contributed by atoms with Gasteiger partial charge in [-0.05, 0) is 74.2 Å². The summed E-state index contributed by atoms with van der Waals surface area (Å²) in [5.41, 5.74) is 2.66. The van der Waals surface area contributed by atoms with Crippen molar-refractivity contribution in [2.45, 2.75) is 96.8 Å². The van der Waals surface area contributed by atoms with E-state index in [0.29, 0.717) is 5.92 Å². The molecule has 0 bridgehead atoms. The van der Waals surface area contributed by atoms with Gasteiger partial charge in [0.25, 0.3) is 0 Å². The van der Waals surface area contributed by atoms with Crippen LogP contribution in [0.5, 0.6) is 11.5 Å². The third kappa shape index (κ3) is 4.86. The Labute approximate surface area is 173 Å². The molecule has 2 aliphatic carbocycles. The van der Waals surface area contributed by atoms with Crippen LogP contribution in [0.4, 0.5) is 0 Å². The molecule has 0 heterocycles. The Hall–Kier alpha value is -1.18. The maximum Gasteiger partial charge on any atom is 0.164 e. The second-order valence-electron chi connectivity index (χ2n) is 9.31. The topological polar surface area (TPSA) is 18.5 Å². The summed E-state index contributed by atoms with van der Waals surface area (Å²) in [6.45, 7) is 4.56. The predicted octanol–water partition coefficient (Wildman–Crippen LogP) is 7.54. The molecule has 2 fully saturated rings. The summed E-state index contributed by atoms with van der Waals surface area (Å²) < 4.78 is 11.6. The lowest BCUT2D eigenvalue weighted by Gasteiger charge is -2.38. The van der Waals surface area contributed by atoms with Crippen LogP contribution < -0.4 is 9.47 Å². The van der Waals surface area contributed by atoms with Gasteiger partial charge in [-0.3, -0.25) is 0 Å². The molecule has 1 aromatic rings. The third-order valence-electron chi connectivity index (χ3n) is 7.62. The minimum absolute atomic E-state index is 0.632. The Bertz CT molecular complexity index is 593. The summed E-state index contributed by atoms with van der Waals surface area (Å²) in [7, 11) is 3.59. The van der Waals surface area contributed by atoms with Gasteiger partial charge in [0.15, 0.2) is 11.5 Å². The average molecular weight is 387 g/mol. The minimum atomic E-state index is 0.632. The van der Waals surface area contributed by atoms with Crippen molar-refractivity contribution < 1.29 is 9.47 Å². The summed E-state index contributed by atoms with van der Waals surface area (Å²) in [6.07, 6.45) is 16.4. The van der Waals surface area contributed by atoms with Crippen LogP contribution in [0.1, 0.15) is 102 Å². The third-order valence-corrected chi connectivity index (χ3v) is 7.62. The average Bonchev–Trinajstić information content (AvgIpc) is 2.74. The Morgan fingerprint density at radius 3 is 1.89 bits per heavy atom. The highest BCUT2D eigenvalue weighted by atomic mass is 16.5. The zero-order valence-corrected chi connectivity index (χ0v) is 18.8. The number of methoxy groups -OCH3 is 2. The zero-order chi connectivity index (χ0) is 19.9. The first-order valence-corrected chi connectivity index (χ1v) is 11.9. The number of rotatable bonds is 8. The van der Waals surface area contributed by atoms with Gasteiger partial charge in [-0.2, -0.15) is 0 Å². The van der Waals surface area contributed by atoms with Crippen LogP contribution >= 0.6 is 0 Å². The molecule has 2 heteroatoms. The van der Waals surface area contributed by atoms with Gasteiger partial charge in [0.05, 0.1) is 14.2 Å². The Kier molecular flexibility index (Phi) is 8.11. The second kappa shape index (κ2) is 10.6. The minimum Gasteiger partial charge on any atom is -0.493 e. The first-order valence-electron chi connectivity index (χ1n) is 11.9. The van der Waals surface area contributed by atoms with Crippen molar-refractivity contribution in [2.75, 3.05) is 14.2 Å². The van der Waals surface area contributed by atoms with Crippen LogP contribution in [-0.2, 0) is 6.42 Å². The van der Waals surface area contributed by atoms with Gasteiger partial charge in [-0.15, -0.1) is 0 Å². The van der Waals surface area contributed by atoms with E-state index < -0.39 is 0 Å². The molecule has 158 valence electrons. The van der Waals surface area contributed by atoms with Gasteiger partial charge >= 0.3 is 0 Å². The van der Waals surface area contributed by atoms with Crippen molar-refractivity contribution >= 4 is 0 Å². The molecule has 0 spiro atoms. The molecule has 2 aliphatic rings. The maximum atomic E-state index is 5.86. The van der Waals surface area contributed by atoms with Gasteiger partial charge in [-0.25, -0.2) is 0 Å². The van der Waals surface area contributed by atoms with Crippen LogP contribution in [0.15, 0.2) is 12.1 Å². The lowest BCUT2D eigenvalue weighted by molar-refractivity contribution is 0.156. The fraction of sp³-hybridized carbons (Fsp3) is 0.769. The summed E-state index contributed by atoms with van der Waals surface area (Å²) in [4.78, 5) is 0. The SMILES string of the molecule is CCCc1ccc(C2CCC(C3CCC(CCC)CC3)CC2)c(OC)c1OC. The van der Waals surface area contributed by atoms with E-state index >= 15 is 0 Å². The summed E-state index contributed by atoms with van der Waals surface area (Å²) in [6, 6.07) is 4.61. The first kappa shape index (κ1) is 21.5. The standard InChI is InChI=1S/C26H42O2/c1-5-7-19-9-11-20(12-10-19)21-13-15-22(16-14-21)24-18-17-23(8-6-2)25(27-3)26(24)28-4/h17-22H,5-16H2,1-4H3. The van der Waals surface area contributed by atoms with E-state index in [1.807, 2.05) is 0 Å². The van der Waals surface area contributed by atoms with E-state index in [0.717, 1.165) is 42.1 Å². The fourth-order valence-electron chi connectivity index (χ4n) is 6.10. The van der Waals surface area contributed by atoms with Crippen molar-refractivity contribution in [1.82, 2.24) is 0 Å². The van der Waals surface area contributed by atoms with Crippen LogP contribution in [0.25, 0.3) is 0 Å². The lowest BCUT2D eigenvalue weighted by Crippen LogP contribution is -2.25. The van der Waals surface area contributed by atoms with Crippen LogP contribution in [-0.4, -0.2) is 14.2 Å². The van der Waals surface area contributed by atoms with E-state index in [9.17, 15) is 0 Å². The Morgan fingerprint density at radius 1 is 0.750 bits per heavy atom. The van der Waals surface area contributed by atoms with Gasteiger partial charge < -0.3 is 9.47 Å². The molecule has 28 heavy (non-hydrogen) atoms. The zero-order valence-electron chi connectivity index (χ0n) is 18.8. The lowest BCUT2D eigenvalue weighted by atomic mass is 9.68. The normalized spacial score (nSPS) is 28.1. The molecule has 0 radical (unpaired) electrons. The molecule has 3 rings (SSSR count). The number of hydrogen-bond acceptors (Lipinski definition) is 2. The number of benzene rings is 1. The highest BCUT2D eigenvalue weighted by molar-refractivity contribution is 5.53. The molecule has 2 nitrogen and oxygen atoms in total. The van der Waals surface area contributed by atoms with Gasteiger partial charge in [0, 0.05) is 5.56 Å². The smallest absolute Gasteiger partial charge is 0.164 e. The van der Waals surface area contributed by atoms with Crippen LogP contribution in [0, 0.1) is 17.8 Å². The number of ether oxygens (including phenoxy) is 2. The molecule has 0 N–H and O–H groups in total. The summed E-state index contributed by atoms with van der Waals surface area (Å²) >= 11 is 0. The number of hydrogen-bond donors (Lipinski definition) is 0. The second-order valence-corrected chi connectivity index (χ2v) is 9.31. The molecule has 0 aromatic heterocycles. The summed E-state index contributed by atoms with van der Waals surface area (Å²) in [5.74, 6) is 5.59. The Morgan fingerprint density at radius 2 is 1.36 bits per heavy atom. The Balaban J connectivity index is 1.62. The highest BCUT2D eigenvalue weighted by Gasteiger charge is 2.32. The van der Waals surface area contributed by atoms with E-state index in [1.165, 1.54) is 75.3 Å². The largest absolute Gasteiger partial charge is 0.493 e. The highest BCUT2D eigenvalue weighted by Crippen LogP contribution is 2.48. The predicted molar refractivity (Wildman–Crippen MR) is 119 cm³/mol. The maximum absolute atomic E-state index is 5.86. The molecule has 0 saturated heterocycles. The van der Waals surface area contributed by atoms with Gasteiger partial charge in [0.1, 0.15) is 0 Å². The molecule has 0 aliphatic heterocycles. The van der Waals surface area contributed by atoms with Crippen LogP contribution in [0.3, 0.4) is 0 Å². The quantitative estimate of drug-likeness (QED) is 0.459. The number of aryl methyl sites for hydroxylation is 1. The molecule has 1 aromatic carbocycles. The first-order chi connectivity index (χ1) is 13.7. The van der Waals surface area contributed by atoms with Crippen molar-refractivity contribution in [3.63, 3.8) is 0 Å². The molecule has 0 amide bonds. The van der Waals surface area contributed by atoms with Crippen molar-refractivity contribution in [2.24, 2.45) is 17.8 Å². The molecule has 2 saturated carbocycles. The van der Waals surface area contributed by atoms with E-state index in [-0.39, 0.29) is 0 Å². The van der Waals surface area contributed by atoms with Gasteiger partial charge in [0.2, 0.25) is 0 Å². The van der Waals surface area contributed by atoms with Crippen molar-refractivity contribution in [1.29, 1.82) is 0 Å². The molecular weight excluding hydrogens is 344 g/mol. The van der Waals surface area contributed by atoms with E-state index in [1.54, 1.807) is 14.2 Å². The van der Waals surface area contributed by atoms with E-state index in [2.05, 4.69) is 26.0 Å². The van der Waals surface area contributed by atoms with Crippen LogP contribution in [0.2, 0.25) is 0 Å². The molecular formula is C26H42O2. The van der Waals surface area contributed by atoms with Gasteiger partial charge in [-0.1, -0.05) is 58.1 Å². The van der Waals surface area contributed by atoms with Crippen molar-refractivity contribution in [3.8, 4) is 11.5 Å². The fourth-order valence-corrected chi connectivity index (χ4v) is 6.10.